The molecule has 0 radical (unpaired) electrons. The normalized spacial score (nSPS) is 12.2. The minimum atomic E-state index is -1.09. The molecule has 166 valence electrons. The molecule has 0 unspecified atom stereocenters. The molecule has 5 nitrogen and oxygen atoms in total. The summed E-state index contributed by atoms with van der Waals surface area (Å²) in [6, 6.07) is 0. The van der Waals surface area contributed by atoms with E-state index in [9.17, 15) is 14.4 Å². The van der Waals surface area contributed by atoms with Gasteiger partial charge in [-0.05, 0) is 51.4 Å². The second kappa shape index (κ2) is 21.0. The molecule has 30 heavy (non-hydrogen) atoms. The third kappa shape index (κ3) is 21.6. The van der Waals surface area contributed by atoms with Gasteiger partial charge in [-0.1, -0.05) is 67.7 Å². The first kappa shape index (κ1) is 27.3. The molecule has 0 aromatic heterocycles. The predicted molar refractivity (Wildman–Crippen MR) is 121 cm³/mol. The molecule has 0 bridgehead atoms. The van der Waals surface area contributed by atoms with E-state index in [0.29, 0.717) is 6.42 Å². The zero-order chi connectivity index (χ0) is 22.3. The number of carboxylic acid groups (broad SMARTS) is 1. The highest BCUT2D eigenvalue weighted by Gasteiger charge is 2.11. The molecule has 0 aromatic rings. The second-order valence-electron chi connectivity index (χ2n) is 6.69. The summed E-state index contributed by atoms with van der Waals surface area (Å²) in [6.07, 6.45) is 28.3. The molecule has 0 aliphatic rings. The number of allylic oxidation sites excluding steroid dienone is 10. The highest BCUT2D eigenvalue weighted by atomic mass is 16.6. The number of carboxylic acids is 1. The SMILES string of the molecule is CCC=CCC=CCC=CCC=CCC=CCCCCC(=O)OC(=O)CCC(=O)O. The van der Waals surface area contributed by atoms with Gasteiger partial charge in [0.25, 0.3) is 0 Å². The van der Waals surface area contributed by atoms with E-state index >= 15 is 0 Å². The Hall–Kier alpha value is -2.69. The van der Waals surface area contributed by atoms with Gasteiger partial charge in [0.05, 0.1) is 12.8 Å². The molecular weight excluding hydrogens is 380 g/mol. The quantitative estimate of drug-likeness (QED) is 0.131. The Morgan fingerprint density at radius 1 is 0.633 bits per heavy atom. The van der Waals surface area contributed by atoms with Gasteiger partial charge < -0.3 is 9.84 Å². The van der Waals surface area contributed by atoms with Crippen molar-refractivity contribution in [1.82, 2.24) is 0 Å². The van der Waals surface area contributed by atoms with E-state index in [0.717, 1.165) is 44.9 Å². The Morgan fingerprint density at radius 3 is 1.60 bits per heavy atom. The van der Waals surface area contributed by atoms with Crippen LogP contribution in [0.1, 0.15) is 77.6 Å². The van der Waals surface area contributed by atoms with Crippen molar-refractivity contribution >= 4 is 17.9 Å². The molecule has 1 N–H and O–H groups in total. The van der Waals surface area contributed by atoms with Crippen LogP contribution in [0, 0.1) is 0 Å². The smallest absolute Gasteiger partial charge is 0.314 e. The molecule has 0 spiro atoms. The second-order valence-corrected chi connectivity index (χ2v) is 6.69. The van der Waals surface area contributed by atoms with Crippen molar-refractivity contribution in [2.75, 3.05) is 0 Å². The van der Waals surface area contributed by atoms with Gasteiger partial charge in [-0.15, -0.1) is 0 Å². The number of unbranched alkanes of at least 4 members (excludes halogenated alkanes) is 2. The summed E-state index contributed by atoms with van der Waals surface area (Å²) in [6.45, 7) is 2.13. The number of aliphatic carboxylic acids is 1. The molecule has 0 fully saturated rings. The van der Waals surface area contributed by atoms with E-state index in [-0.39, 0.29) is 19.3 Å². The van der Waals surface area contributed by atoms with Crippen LogP contribution in [0.2, 0.25) is 0 Å². The van der Waals surface area contributed by atoms with Crippen molar-refractivity contribution in [2.45, 2.75) is 77.6 Å². The summed E-state index contributed by atoms with van der Waals surface area (Å²) >= 11 is 0. The third-order valence-corrected chi connectivity index (χ3v) is 3.93. The Labute approximate surface area is 180 Å². The molecule has 0 saturated carbocycles. The lowest BCUT2D eigenvalue weighted by Crippen LogP contribution is -2.13. The van der Waals surface area contributed by atoms with Crippen LogP contribution < -0.4 is 0 Å². The number of esters is 2. The topological polar surface area (TPSA) is 80.7 Å². The van der Waals surface area contributed by atoms with Crippen LogP contribution in [0.3, 0.4) is 0 Å². The first-order chi connectivity index (χ1) is 14.6. The summed E-state index contributed by atoms with van der Waals surface area (Å²) in [5.74, 6) is -2.45. The number of carbonyl (C=O) groups excluding carboxylic acids is 2. The summed E-state index contributed by atoms with van der Waals surface area (Å²) in [7, 11) is 0. The zero-order valence-electron chi connectivity index (χ0n) is 18.1. The highest BCUT2D eigenvalue weighted by molar-refractivity contribution is 5.86. The van der Waals surface area contributed by atoms with Crippen molar-refractivity contribution in [3.8, 4) is 0 Å². The van der Waals surface area contributed by atoms with Gasteiger partial charge in [-0.25, -0.2) is 0 Å². The Balaban J connectivity index is 3.58. The Bertz CT molecular complexity index is 623. The minimum Gasteiger partial charge on any atom is -0.481 e. The monoisotopic (exact) mass is 416 g/mol. The fourth-order valence-electron chi connectivity index (χ4n) is 2.34. The van der Waals surface area contributed by atoms with Gasteiger partial charge in [-0.3, -0.25) is 14.4 Å². The first-order valence-electron chi connectivity index (χ1n) is 10.8. The molecule has 0 heterocycles. The van der Waals surface area contributed by atoms with E-state index in [4.69, 9.17) is 5.11 Å². The van der Waals surface area contributed by atoms with Gasteiger partial charge in [0.1, 0.15) is 0 Å². The molecule has 0 aromatic carbocycles. The standard InChI is InChI=1S/C25H36O5/c1-2-3-4-5-6-7-8-9-10-11-12-13-14-15-16-17-18-19-20-24(28)30-25(29)22-21-23(26)27/h3-4,6-7,9-10,12-13,15-16H,2,5,8,11,14,17-22H2,1H3,(H,26,27). The number of carbonyl (C=O) groups is 3. The van der Waals surface area contributed by atoms with Crippen molar-refractivity contribution in [1.29, 1.82) is 0 Å². The molecule has 0 aliphatic carbocycles. The number of hydrogen-bond donors (Lipinski definition) is 1. The van der Waals surface area contributed by atoms with E-state index in [1.54, 1.807) is 0 Å². The lowest BCUT2D eigenvalue weighted by molar-refractivity contribution is -0.161. The summed E-state index contributed by atoms with van der Waals surface area (Å²) in [4.78, 5) is 33.0. The van der Waals surface area contributed by atoms with Crippen molar-refractivity contribution < 1.29 is 24.2 Å². The van der Waals surface area contributed by atoms with E-state index in [1.807, 2.05) is 0 Å². The first-order valence-corrected chi connectivity index (χ1v) is 10.8. The predicted octanol–water partition coefficient (Wildman–Crippen LogP) is 6.23. The van der Waals surface area contributed by atoms with Gasteiger partial charge >= 0.3 is 17.9 Å². The molecule has 0 atom stereocenters. The van der Waals surface area contributed by atoms with Crippen LogP contribution in [0.15, 0.2) is 60.8 Å². The molecule has 0 aliphatic heterocycles. The largest absolute Gasteiger partial charge is 0.481 e. The van der Waals surface area contributed by atoms with Crippen LogP contribution >= 0.6 is 0 Å². The maximum Gasteiger partial charge on any atom is 0.314 e. The van der Waals surface area contributed by atoms with Crippen molar-refractivity contribution in [2.24, 2.45) is 0 Å². The van der Waals surface area contributed by atoms with Gasteiger partial charge in [0.15, 0.2) is 0 Å². The Morgan fingerprint density at radius 2 is 1.10 bits per heavy atom. The van der Waals surface area contributed by atoms with Crippen LogP contribution in [0.25, 0.3) is 0 Å². The summed E-state index contributed by atoms with van der Waals surface area (Å²) in [5, 5.41) is 8.46. The van der Waals surface area contributed by atoms with Gasteiger partial charge in [-0.2, -0.15) is 0 Å². The fourth-order valence-corrected chi connectivity index (χ4v) is 2.34. The van der Waals surface area contributed by atoms with Crippen LogP contribution in [0.4, 0.5) is 0 Å². The molecule has 0 rings (SSSR count). The molecular formula is C25H36O5. The van der Waals surface area contributed by atoms with Crippen molar-refractivity contribution in [3.63, 3.8) is 0 Å². The van der Waals surface area contributed by atoms with Gasteiger partial charge in [0, 0.05) is 6.42 Å². The average Bonchev–Trinajstić information content (AvgIpc) is 2.71. The minimum absolute atomic E-state index is 0.170. The van der Waals surface area contributed by atoms with Crippen LogP contribution in [-0.2, 0) is 19.1 Å². The fraction of sp³-hybridized carbons (Fsp3) is 0.480. The Kier molecular flexibility index (Phi) is 19.1. The molecule has 0 amide bonds. The number of rotatable bonds is 17. The van der Waals surface area contributed by atoms with Crippen molar-refractivity contribution in [3.05, 3.63) is 60.8 Å². The number of ether oxygens (including phenoxy) is 1. The maximum absolute atomic E-state index is 11.4. The van der Waals surface area contributed by atoms with E-state index < -0.39 is 17.9 Å². The third-order valence-electron chi connectivity index (χ3n) is 3.93. The molecule has 0 saturated heterocycles. The number of hydrogen-bond acceptors (Lipinski definition) is 4. The highest BCUT2D eigenvalue weighted by Crippen LogP contribution is 2.04. The zero-order valence-corrected chi connectivity index (χ0v) is 18.1. The average molecular weight is 417 g/mol. The lowest BCUT2D eigenvalue weighted by Gasteiger charge is -2.01. The maximum atomic E-state index is 11.4. The van der Waals surface area contributed by atoms with Crippen LogP contribution in [-0.4, -0.2) is 23.0 Å². The molecule has 5 heteroatoms. The van der Waals surface area contributed by atoms with Gasteiger partial charge in [0.2, 0.25) is 0 Å². The summed E-state index contributed by atoms with van der Waals surface area (Å²) < 4.78 is 4.55. The van der Waals surface area contributed by atoms with Crippen LogP contribution in [0.5, 0.6) is 0 Å². The lowest BCUT2D eigenvalue weighted by atomic mass is 10.2. The van der Waals surface area contributed by atoms with E-state index in [1.165, 1.54) is 0 Å². The van der Waals surface area contributed by atoms with E-state index in [2.05, 4.69) is 72.4 Å². The summed E-state index contributed by atoms with van der Waals surface area (Å²) in [5.41, 5.74) is 0.